The molecule has 20 heavy (non-hydrogen) atoms. The average molecular weight is 277 g/mol. The molecule has 0 bridgehead atoms. The van der Waals surface area contributed by atoms with E-state index in [0.29, 0.717) is 5.56 Å². The molecule has 1 atom stereocenters. The van der Waals surface area contributed by atoms with Crippen LogP contribution >= 0.6 is 0 Å². The quantitative estimate of drug-likeness (QED) is 0.852. The molecule has 1 unspecified atom stereocenters. The maximum Gasteiger partial charge on any atom is 0.333 e. The molecule has 0 radical (unpaired) electrons. The number of carbonyl (C=O) groups excluding carboxylic acids is 1. The van der Waals surface area contributed by atoms with Crippen molar-refractivity contribution < 1.29 is 13.9 Å². The molecule has 0 aliphatic heterocycles. The zero-order chi connectivity index (χ0) is 14.5. The number of halogens is 1. The third-order valence-electron chi connectivity index (χ3n) is 2.75. The van der Waals surface area contributed by atoms with Crippen LogP contribution in [0.2, 0.25) is 0 Å². The fourth-order valence-corrected chi connectivity index (χ4v) is 1.83. The Morgan fingerprint density at radius 1 is 1.50 bits per heavy atom. The summed E-state index contributed by atoms with van der Waals surface area (Å²) in [5, 5.41) is 6.88. The Hall–Kier alpha value is -2.37. The largest absolute Gasteiger partial charge is 0.464 e. The molecule has 1 N–H and O–H groups in total. The molecule has 0 saturated heterocycles. The Morgan fingerprint density at radius 3 is 2.85 bits per heavy atom. The lowest BCUT2D eigenvalue weighted by Crippen LogP contribution is -2.23. The van der Waals surface area contributed by atoms with E-state index in [4.69, 9.17) is 4.74 Å². The Morgan fingerprint density at radius 2 is 2.25 bits per heavy atom. The minimum atomic E-state index is -0.791. The zero-order valence-electron chi connectivity index (χ0n) is 11.3. The molecule has 1 aromatic heterocycles. The van der Waals surface area contributed by atoms with Crippen molar-refractivity contribution in [3.8, 4) is 0 Å². The number of carbonyl (C=O) groups is 1. The molecule has 0 aliphatic rings. The molecule has 1 heterocycles. The predicted molar refractivity (Wildman–Crippen MR) is 72.6 cm³/mol. The highest BCUT2D eigenvalue weighted by atomic mass is 19.1. The fourth-order valence-electron chi connectivity index (χ4n) is 1.83. The summed E-state index contributed by atoms with van der Waals surface area (Å²) in [6, 6.07) is 5.38. The van der Waals surface area contributed by atoms with Crippen LogP contribution in [0.15, 0.2) is 36.7 Å². The molecule has 0 spiro atoms. The average Bonchev–Trinajstić information content (AvgIpc) is 2.84. The predicted octanol–water partition coefficient (Wildman–Crippen LogP) is 2.28. The van der Waals surface area contributed by atoms with Gasteiger partial charge in [0, 0.05) is 18.8 Å². The van der Waals surface area contributed by atoms with Gasteiger partial charge in [0.05, 0.1) is 18.5 Å². The molecule has 0 aliphatic carbocycles. The van der Waals surface area contributed by atoms with E-state index in [2.05, 4.69) is 10.4 Å². The standard InChI is InChI=1S/C14H16FN3O2/c1-3-20-14(19)13(10-8-16-18(2)9-10)17-12-7-5-4-6-11(12)15/h4-9,13,17H,3H2,1-2H3. The Kier molecular flexibility index (Phi) is 4.34. The summed E-state index contributed by atoms with van der Waals surface area (Å²) in [7, 11) is 1.74. The third kappa shape index (κ3) is 3.14. The van der Waals surface area contributed by atoms with Crippen LogP contribution in [0.5, 0.6) is 0 Å². The van der Waals surface area contributed by atoms with Gasteiger partial charge in [-0.3, -0.25) is 4.68 Å². The molecule has 106 valence electrons. The van der Waals surface area contributed by atoms with Crippen LogP contribution in [0.25, 0.3) is 0 Å². The van der Waals surface area contributed by atoms with Crippen molar-refractivity contribution in [1.29, 1.82) is 0 Å². The van der Waals surface area contributed by atoms with E-state index < -0.39 is 17.8 Å². The van der Waals surface area contributed by atoms with E-state index in [1.165, 1.54) is 6.07 Å². The Bertz CT molecular complexity index is 598. The number of rotatable bonds is 5. The molecule has 0 fully saturated rings. The first-order valence-corrected chi connectivity index (χ1v) is 6.28. The highest BCUT2D eigenvalue weighted by molar-refractivity contribution is 5.81. The van der Waals surface area contributed by atoms with Crippen molar-refractivity contribution in [1.82, 2.24) is 9.78 Å². The summed E-state index contributed by atoms with van der Waals surface area (Å²) in [6.45, 7) is 1.98. The number of ether oxygens (including phenoxy) is 1. The van der Waals surface area contributed by atoms with Gasteiger partial charge in [0.1, 0.15) is 5.82 Å². The van der Waals surface area contributed by atoms with Gasteiger partial charge in [-0.05, 0) is 19.1 Å². The van der Waals surface area contributed by atoms with Crippen molar-refractivity contribution in [3.05, 3.63) is 48.0 Å². The number of nitrogens with zero attached hydrogens (tertiary/aromatic N) is 2. The van der Waals surface area contributed by atoms with Crippen molar-refractivity contribution in [2.45, 2.75) is 13.0 Å². The maximum atomic E-state index is 13.7. The van der Waals surface area contributed by atoms with E-state index >= 15 is 0 Å². The molecular weight excluding hydrogens is 261 g/mol. The van der Waals surface area contributed by atoms with Crippen LogP contribution in [0.1, 0.15) is 18.5 Å². The fraction of sp³-hybridized carbons (Fsp3) is 0.286. The number of anilines is 1. The minimum Gasteiger partial charge on any atom is -0.464 e. The number of esters is 1. The molecule has 1 aromatic carbocycles. The van der Waals surface area contributed by atoms with E-state index in [-0.39, 0.29) is 12.3 Å². The smallest absolute Gasteiger partial charge is 0.333 e. The van der Waals surface area contributed by atoms with Gasteiger partial charge >= 0.3 is 5.97 Å². The third-order valence-corrected chi connectivity index (χ3v) is 2.75. The number of hydrogen-bond donors (Lipinski definition) is 1. The minimum absolute atomic E-state index is 0.245. The van der Waals surface area contributed by atoms with Gasteiger partial charge < -0.3 is 10.1 Å². The van der Waals surface area contributed by atoms with Crippen molar-refractivity contribution in [3.63, 3.8) is 0 Å². The first kappa shape index (κ1) is 14.0. The van der Waals surface area contributed by atoms with Gasteiger partial charge in [0.2, 0.25) is 0 Å². The normalized spacial score (nSPS) is 11.9. The van der Waals surface area contributed by atoms with E-state index in [1.54, 1.807) is 49.2 Å². The number of benzene rings is 1. The molecule has 0 saturated carbocycles. The van der Waals surface area contributed by atoms with Gasteiger partial charge in [0.15, 0.2) is 6.04 Å². The molecule has 6 heteroatoms. The molecule has 2 rings (SSSR count). The topological polar surface area (TPSA) is 56.1 Å². The van der Waals surface area contributed by atoms with Gasteiger partial charge in [-0.15, -0.1) is 0 Å². The zero-order valence-corrected chi connectivity index (χ0v) is 11.3. The second kappa shape index (κ2) is 6.18. The van der Waals surface area contributed by atoms with Crippen LogP contribution in [0.3, 0.4) is 0 Å². The summed E-state index contributed by atoms with van der Waals surface area (Å²) in [6.07, 6.45) is 3.24. The second-order valence-corrected chi connectivity index (χ2v) is 4.26. The van der Waals surface area contributed by atoms with Crippen LogP contribution in [0, 0.1) is 5.82 Å². The van der Waals surface area contributed by atoms with Gasteiger partial charge in [-0.25, -0.2) is 9.18 Å². The SMILES string of the molecule is CCOC(=O)C(Nc1ccccc1F)c1cnn(C)c1. The van der Waals surface area contributed by atoms with Gasteiger partial charge in [-0.2, -0.15) is 5.10 Å². The highest BCUT2D eigenvalue weighted by Gasteiger charge is 2.24. The second-order valence-electron chi connectivity index (χ2n) is 4.26. The van der Waals surface area contributed by atoms with Crippen LogP contribution in [-0.2, 0) is 16.6 Å². The summed E-state index contributed by atoms with van der Waals surface area (Å²) in [5.41, 5.74) is 0.864. The molecule has 5 nitrogen and oxygen atoms in total. The van der Waals surface area contributed by atoms with E-state index in [1.807, 2.05) is 0 Å². The first-order valence-electron chi connectivity index (χ1n) is 6.28. The summed E-state index contributed by atoms with van der Waals surface area (Å²) in [4.78, 5) is 12.0. The number of aryl methyl sites for hydroxylation is 1. The van der Waals surface area contributed by atoms with Crippen molar-refractivity contribution >= 4 is 11.7 Å². The number of hydrogen-bond acceptors (Lipinski definition) is 4. The highest BCUT2D eigenvalue weighted by Crippen LogP contribution is 2.22. The van der Waals surface area contributed by atoms with Crippen LogP contribution in [0.4, 0.5) is 10.1 Å². The van der Waals surface area contributed by atoms with Crippen LogP contribution in [-0.4, -0.2) is 22.4 Å². The van der Waals surface area contributed by atoms with E-state index in [9.17, 15) is 9.18 Å². The van der Waals surface area contributed by atoms with Crippen LogP contribution < -0.4 is 5.32 Å². The molecule has 2 aromatic rings. The van der Waals surface area contributed by atoms with Gasteiger partial charge in [-0.1, -0.05) is 12.1 Å². The number of aromatic nitrogens is 2. The Labute approximate surface area is 116 Å². The maximum absolute atomic E-state index is 13.7. The first-order chi connectivity index (χ1) is 9.61. The van der Waals surface area contributed by atoms with Gasteiger partial charge in [0.25, 0.3) is 0 Å². The lowest BCUT2D eigenvalue weighted by atomic mass is 10.1. The molecular formula is C14H16FN3O2. The number of nitrogens with one attached hydrogen (secondary N) is 1. The summed E-state index contributed by atoms with van der Waals surface area (Å²) < 4.78 is 20.3. The Balaban J connectivity index is 2.27. The van der Waals surface area contributed by atoms with Crippen molar-refractivity contribution in [2.75, 3.05) is 11.9 Å². The monoisotopic (exact) mass is 277 g/mol. The lowest BCUT2D eigenvalue weighted by Gasteiger charge is -2.17. The summed E-state index contributed by atoms with van der Waals surface area (Å²) >= 11 is 0. The van der Waals surface area contributed by atoms with Crippen molar-refractivity contribution in [2.24, 2.45) is 7.05 Å². The van der Waals surface area contributed by atoms with E-state index in [0.717, 1.165) is 0 Å². The molecule has 0 amide bonds. The lowest BCUT2D eigenvalue weighted by molar-refractivity contribution is -0.144. The number of para-hydroxylation sites is 1. The summed E-state index contributed by atoms with van der Waals surface area (Å²) in [5.74, 6) is -0.894.